The van der Waals surface area contributed by atoms with Crippen LogP contribution in [0.2, 0.25) is 0 Å². The van der Waals surface area contributed by atoms with Gasteiger partial charge < -0.3 is 9.84 Å². The molecule has 0 saturated carbocycles. The molecule has 0 unspecified atom stereocenters. The lowest BCUT2D eigenvalue weighted by Crippen LogP contribution is -1.99. The number of nitrogens with one attached hydrogen (secondary N) is 1. The highest BCUT2D eigenvalue weighted by atomic mass is 79.9. The molecule has 0 radical (unpaired) electrons. The normalized spacial score (nSPS) is 10.7. The maximum Gasteiger partial charge on any atom is 0.321 e. The largest absolute Gasteiger partial charge is 0.338 e. The number of hydrogen-bond acceptors (Lipinski definition) is 4. The summed E-state index contributed by atoms with van der Waals surface area (Å²) in [6, 6.07) is 2.66. The van der Waals surface area contributed by atoms with Crippen molar-refractivity contribution in [2.45, 2.75) is 13.3 Å². The summed E-state index contributed by atoms with van der Waals surface area (Å²) < 4.78 is 31.2. The van der Waals surface area contributed by atoms with Crippen molar-refractivity contribution in [2.24, 2.45) is 0 Å². The van der Waals surface area contributed by atoms with Crippen LogP contribution in [0, 0.1) is 11.6 Å². The summed E-state index contributed by atoms with van der Waals surface area (Å²) in [5.74, 6) is -1.71. The van der Waals surface area contributed by atoms with Crippen LogP contribution >= 0.6 is 15.9 Å². The zero-order valence-corrected chi connectivity index (χ0v) is 11.1. The molecule has 1 heterocycles. The third kappa shape index (κ3) is 2.50. The van der Waals surface area contributed by atoms with Crippen molar-refractivity contribution in [3.8, 4) is 11.4 Å². The van der Waals surface area contributed by atoms with Crippen LogP contribution < -0.4 is 5.32 Å². The summed E-state index contributed by atoms with van der Waals surface area (Å²) in [5, 5.41) is 6.61. The van der Waals surface area contributed by atoms with Crippen molar-refractivity contribution in [2.75, 3.05) is 11.9 Å². The first-order valence-corrected chi connectivity index (χ1v) is 6.14. The Bertz CT molecular complexity index is 559. The first-order valence-electron chi connectivity index (χ1n) is 5.35. The molecule has 4 nitrogen and oxygen atoms in total. The number of nitrogens with zero attached hydrogens (tertiary/aromatic N) is 2. The Kier molecular flexibility index (Phi) is 3.90. The number of anilines is 1. The van der Waals surface area contributed by atoms with E-state index in [1.807, 2.05) is 6.92 Å². The molecule has 0 saturated heterocycles. The molecule has 18 heavy (non-hydrogen) atoms. The van der Waals surface area contributed by atoms with Crippen molar-refractivity contribution >= 4 is 21.9 Å². The van der Waals surface area contributed by atoms with Crippen LogP contribution in [0.1, 0.15) is 13.3 Å². The van der Waals surface area contributed by atoms with E-state index in [0.717, 1.165) is 12.5 Å². The summed E-state index contributed by atoms with van der Waals surface area (Å²) in [7, 11) is 0. The summed E-state index contributed by atoms with van der Waals surface area (Å²) in [5.41, 5.74) is 0.335. The molecule has 2 rings (SSSR count). The van der Waals surface area contributed by atoms with Crippen LogP contribution in [0.15, 0.2) is 21.1 Å². The molecule has 1 aromatic heterocycles. The quantitative estimate of drug-likeness (QED) is 0.875. The highest BCUT2D eigenvalue weighted by Gasteiger charge is 2.16. The Balaban J connectivity index is 2.31. The van der Waals surface area contributed by atoms with Gasteiger partial charge in [-0.05, 0) is 34.5 Å². The van der Waals surface area contributed by atoms with Gasteiger partial charge in [-0.1, -0.05) is 12.1 Å². The highest BCUT2D eigenvalue weighted by molar-refractivity contribution is 9.10. The Labute approximate surface area is 111 Å². The number of rotatable bonds is 4. The first kappa shape index (κ1) is 12.9. The zero-order valence-electron chi connectivity index (χ0n) is 9.51. The molecule has 96 valence electrons. The van der Waals surface area contributed by atoms with Gasteiger partial charge in [-0.25, -0.2) is 8.78 Å². The Morgan fingerprint density at radius 1 is 1.39 bits per heavy atom. The van der Waals surface area contributed by atoms with Gasteiger partial charge in [-0.2, -0.15) is 4.98 Å². The van der Waals surface area contributed by atoms with Gasteiger partial charge in [0, 0.05) is 12.1 Å². The van der Waals surface area contributed by atoms with Gasteiger partial charge in [0.05, 0.1) is 4.47 Å². The molecular weight excluding hydrogens is 308 g/mol. The van der Waals surface area contributed by atoms with Crippen molar-refractivity contribution in [1.29, 1.82) is 0 Å². The van der Waals surface area contributed by atoms with Gasteiger partial charge in [0.25, 0.3) is 0 Å². The Morgan fingerprint density at radius 3 is 2.89 bits per heavy atom. The average Bonchev–Trinajstić information content (AvgIpc) is 2.82. The number of halogens is 3. The van der Waals surface area contributed by atoms with E-state index in [0.29, 0.717) is 12.1 Å². The Morgan fingerprint density at radius 2 is 2.17 bits per heavy atom. The molecule has 0 spiro atoms. The Hall–Kier alpha value is -1.50. The molecular formula is C11H10BrF2N3O. The minimum Gasteiger partial charge on any atom is -0.338 e. The molecule has 1 aromatic carbocycles. The highest BCUT2D eigenvalue weighted by Crippen LogP contribution is 2.30. The van der Waals surface area contributed by atoms with E-state index in [2.05, 4.69) is 31.4 Å². The molecule has 1 N–H and O–H groups in total. The number of aromatic nitrogens is 2. The van der Waals surface area contributed by atoms with Crippen molar-refractivity contribution in [3.05, 3.63) is 28.2 Å². The molecule has 0 fully saturated rings. The third-order valence-corrected chi connectivity index (χ3v) is 3.00. The van der Waals surface area contributed by atoms with Crippen molar-refractivity contribution < 1.29 is 13.3 Å². The van der Waals surface area contributed by atoms with E-state index in [1.165, 1.54) is 6.07 Å². The zero-order chi connectivity index (χ0) is 13.1. The molecule has 0 bridgehead atoms. The van der Waals surface area contributed by atoms with Crippen LogP contribution in [0.3, 0.4) is 0 Å². The number of benzene rings is 1. The molecule has 2 aromatic rings. The second-order valence-electron chi connectivity index (χ2n) is 3.57. The summed E-state index contributed by atoms with van der Waals surface area (Å²) in [6.45, 7) is 2.69. The summed E-state index contributed by atoms with van der Waals surface area (Å²) in [6.07, 6.45) is 0.909. The molecule has 0 amide bonds. The first-order chi connectivity index (χ1) is 8.63. The fourth-order valence-electron chi connectivity index (χ4n) is 1.34. The fraction of sp³-hybridized carbons (Fsp3) is 0.273. The van der Waals surface area contributed by atoms with E-state index in [1.54, 1.807) is 0 Å². The van der Waals surface area contributed by atoms with Gasteiger partial charge in [-0.15, -0.1) is 0 Å². The van der Waals surface area contributed by atoms with E-state index in [9.17, 15) is 8.78 Å². The molecule has 0 aliphatic carbocycles. The molecule has 0 atom stereocenters. The van der Waals surface area contributed by atoms with Gasteiger partial charge in [0.15, 0.2) is 11.6 Å². The second-order valence-corrected chi connectivity index (χ2v) is 4.37. The van der Waals surface area contributed by atoms with Crippen molar-refractivity contribution in [1.82, 2.24) is 10.1 Å². The van der Waals surface area contributed by atoms with E-state index < -0.39 is 11.6 Å². The summed E-state index contributed by atoms with van der Waals surface area (Å²) in [4.78, 5) is 4.04. The monoisotopic (exact) mass is 317 g/mol. The van der Waals surface area contributed by atoms with E-state index in [4.69, 9.17) is 4.52 Å². The third-order valence-electron chi connectivity index (χ3n) is 2.23. The number of hydrogen-bond donors (Lipinski definition) is 1. The van der Waals surface area contributed by atoms with Gasteiger partial charge in [0.2, 0.25) is 5.82 Å². The lowest BCUT2D eigenvalue weighted by Gasteiger charge is -2.01. The van der Waals surface area contributed by atoms with E-state index >= 15 is 0 Å². The van der Waals surface area contributed by atoms with Gasteiger partial charge in [-0.3, -0.25) is 0 Å². The van der Waals surface area contributed by atoms with Crippen LogP contribution in [0.4, 0.5) is 14.8 Å². The average molecular weight is 318 g/mol. The van der Waals surface area contributed by atoms with Crippen LogP contribution in [-0.4, -0.2) is 16.7 Å². The summed E-state index contributed by atoms with van der Waals surface area (Å²) >= 11 is 2.97. The maximum absolute atomic E-state index is 13.4. The van der Waals surface area contributed by atoms with E-state index in [-0.39, 0.29) is 16.3 Å². The van der Waals surface area contributed by atoms with Crippen LogP contribution in [-0.2, 0) is 0 Å². The van der Waals surface area contributed by atoms with Gasteiger partial charge >= 0.3 is 6.01 Å². The predicted octanol–water partition coefficient (Wildman–Crippen LogP) is 3.60. The van der Waals surface area contributed by atoms with Gasteiger partial charge in [0.1, 0.15) is 0 Å². The molecule has 0 aliphatic heterocycles. The van der Waals surface area contributed by atoms with Crippen LogP contribution in [0.5, 0.6) is 0 Å². The maximum atomic E-state index is 13.4. The van der Waals surface area contributed by atoms with Crippen LogP contribution in [0.25, 0.3) is 11.4 Å². The lowest BCUT2D eigenvalue weighted by molar-refractivity contribution is 0.432. The standard InChI is InChI=1S/C11H10BrF2N3O/c1-2-5-15-11-16-10(17-18-11)6-3-4-7(13)9(14)8(6)12/h3-4H,2,5H2,1H3,(H,15,16,17). The predicted molar refractivity (Wildman–Crippen MR) is 66.1 cm³/mol. The topological polar surface area (TPSA) is 51.0 Å². The minimum absolute atomic E-state index is 0.0228. The molecule has 0 aliphatic rings. The fourth-order valence-corrected chi connectivity index (χ4v) is 1.83. The van der Waals surface area contributed by atoms with Crippen molar-refractivity contribution in [3.63, 3.8) is 0 Å². The molecule has 7 heteroatoms. The second kappa shape index (κ2) is 5.43. The minimum atomic E-state index is -0.972. The smallest absolute Gasteiger partial charge is 0.321 e. The lowest BCUT2D eigenvalue weighted by atomic mass is 10.2. The SMILES string of the molecule is CCCNc1nc(-c2ccc(F)c(F)c2Br)no1.